The molecule has 1 aliphatic rings. The standard InChI is InChI=1S/C19H22ClN7/c1-11-8-16(27-26-11)24-17-10-22-18(19(21)25-17)12-6-7-14(20)15(9-12)23-13-4-2-3-5-13/h6-10,13,23H,2-5H2,1H3,(H4,21,24,25,26,27). The minimum Gasteiger partial charge on any atom is -0.382 e. The number of H-pyrrole nitrogens is 1. The van der Waals surface area contributed by atoms with Crippen LogP contribution in [0.2, 0.25) is 5.02 Å². The summed E-state index contributed by atoms with van der Waals surface area (Å²) in [4.78, 5) is 8.90. The highest BCUT2D eigenvalue weighted by Gasteiger charge is 2.17. The number of nitrogen functional groups attached to an aromatic ring is 1. The van der Waals surface area contributed by atoms with Crippen molar-refractivity contribution in [2.24, 2.45) is 0 Å². The van der Waals surface area contributed by atoms with Crippen molar-refractivity contribution < 1.29 is 0 Å². The van der Waals surface area contributed by atoms with Crippen LogP contribution in [0.15, 0.2) is 30.5 Å². The predicted octanol–water partition coefficient (Wildman–Crippen LogP) is 4.51. The lowest BCUT2D eigenvalue weighted by molar-refractivity contribution is 0.755. The molecule has 1 aromatic carbocycles. The van der Waals surface area contributed by atoms with E-state index in [1.165, 1.54) is 25.7 Å². The zero-order valence-corrected chi connectivity index (χ0v) is 15.8. The normalized spacial score (nSPS) is 14.4. The van der Waals surface area contributed by atoms with E-state index in [9.17, 15) is 0 Å². The molecule has 1 fully saturated rings. The van der Waals surface area contributed by atoms with E-state index in [2.05, 4.69) is 30.8 Å². The average molecular weight is 384 g/mol. The number of halogens is 1. The number of hydrogen-bond donors (Lipinski definition) is 4. The Balaban J connectivity index is 1.57. The molecule has 3 aromatic rings. The smallest absolute Gasteiger partial charge is 0.153 e. The Bertz CT molecular complexity index is 947. The van der Waals surface area contributed by atoms with E-state index in [1.807, 2.05) is 31.2 Å². The lowest BCUT2D eigenvalue weighted by atomic mass is 10.1. The zero-order valence-electron chi connectivity index (χ0n) is 15.1. The Morgan fingerprint density at radius 2 is 2.00 bits per heavy atom. The third-order valence-corrected chi connectivity index (χ3v) is 5.05. The van der Waals surface area contributed by atoms with Gasteiger partial charge >= 0.3 is 0 Å². The molecule has 5 N–H and O–H groups in total. The van der Waals surface area contributed by atoms with Gasteiger partial charge in [-0.3, -0.25) is 5.10 Å². The van der Waals surface area contributed by atoms with Crippen molar-refractivity contribution in [2.45, 2.75) is 38.6 Å². The minimum absolute atomic E-state index is 0.349. The third-order valence-electron chi connectivity index (χ3n) is 4.72. The molecule has 0 aliphatic heterocycles. The number of aromatic nitrogens is 4. The topological polar surface area (TPSA) is 105 Å². The van der Waals surface area contributed by atoms with Crippen LogP contribution in [0.5, 0.6) is 0 Å². The number of aromatic amines is 1. The Kier molecular flexibility index (Phi) is 4.85. The van der Waals surface area contributed by atoms with Crippen LogP contribution >= 0.6 is 11.6 Å². The van der Waals surface area contributed by atoms with Crippen LogP contribution in [0.1, 0.15) is 31.4 Å². The molecular formula is C19H22ClN7. The van der Waals surface area contributed by atoms with Crippen molar-refractivity contribution in [3.8, 4) is 11.3 Å². The summed E-state index contributed by atoms with van der Waals surface area (Å²) in [6.07, 6.45) is 6.52. The van der Waals surface area contributed by atoms with Crippen LogP contribution in [0.25, 0.3) is 11.3 Å². The van der Waals surface area contributed by atoms with Gasteiger partial charge in [-0.25, -0.2) is 9.97 Å². The quantitative estimate of drug-likeness (QED) is 0.516. The summed E-state index contributed by atoms with van der Waals surface area (Å²) in [6.45, 7) is 1.93. The summed E-state index contributed by atoms with van der Waals surface area (Å²) in [6, 6.07) is 8.13. The molecule has 7 nitrogen and oxygen atoms in total. The van der Waals surface area contributed by atoms with Gasteiger partial charge in [0.05, 0.1) is 16.9 Å². The molecule has 4 rings (SSSR count). The van der Waals surface area contributed by atoms with Crippen LogP contribution in [-0.4, -0.2) is 26.2 Å². The number of aryl methyl sites for hydroxylation is 1. The Morgan fingerprint density at radius 3 is 2.70 bits per heavy atom. The molecule has 140 valence electrons. The lowest BCUT2D eigenvalue weighted by Crippen LogP contribution is -2.14. The number of nitrogens with one attached hydrogen (secondary N) is 3. The maximum absolute atomic E-state index is 6.37. The summed E-state index contributed by atoms with van der Waals surface area (Å²) in [7, 11) is 0. The second-order valence-electron chi connectivity index (χ2n) is 6.87. The van der Waals surface area contributed by atoms with Crippen LogP contribution < -0.4 is 16.4 Å². The zero-order chi connectivity index (χ0) is 18.8. The molecule has 0 radical (unpaired) electrons. The van der Waals surface area contributed by atoms with Gasteiger partial charge in [-0.15, -0.1) is 0 Å². The van der Waals surface area contributed by atoms with E-state index in [-0.39, 0.29) is 0 Å². The van der Waals surface area contributed by atoms with Gasteiger partial charge in [-0.05, 0) is 31.9 Å². The molecule has 0 atom stereocenters. The fourth-order valence-corrected chi connectivity index (χ4v) is 3.54. The van der Waals surface area contributed by atoms with Crippen molar-refractivity contribution in [3.63, 3.8) is 0 Å². The maximum atomic E-state index is 6.37. The fraction of sp³-hybridized carbons (Fsp3) is 0.316. The number of rotatable bonds is 5. The number of nitrogens with two attached hydrogens (primary N) is 1. The van der Waals surface area contributed by atoms with E-state index in [0.717, 1.165) is 16.9 Å². The first-order valence-corrected chi connectivity index (χ1v) is 9.44. The van der Waals surface area contributed by atoms with Crippen molar-refractivity contribution >= 4 is 34.7 Å². The summed E-state index contributed by atoms with van der Waals surface area (Å²) >= 11 is 6.37. The summed E-state index contributed by atoms with van der Waals surface area (Å²) in [5, 5.41) is 14.3. The molecule has 2 heterocycles. The lowest BCUT2D eigenvalue weighted by Gasteiger charge is -2.16. The molecule has 0 saturated heterocycles. The van der Waals surface area contributed by atoms with E-state index < -0.39 is 0 Å². The van der Waals surface area contributed by atoms with Gasteiger partial charge in [0.15, 0.2) is 17.5 Å². The molecule has 27 heavy (non-hydrogen) atoms. The Labute approximate surface area is 162 Å². The van der Waals surface area contributed by atoms with Crippen molar-refractivity contribution in [2.75, 3.05) is 16.4 Å². The first-order chi connectivity index (χ1) is 13.1. The first-order valence-electron chi connectivity index (χ1n) is 9.06. The Hall–Kier alpha value is -2.80. The monoisotopic (exact) mass is 383 g/mol. The van der Waals surface area contributed by atoms with E-state index >= 15 is 0 Å². The molecular weight excluding hydrogens is 362 g/mol. The van der Waals surface area contributed by atoms with Crippen molar-refractivity contribution in [1.82, 2.24) is 20.2 Å². The number of anilines is 4. The van der Waals surface area contributed by atoms with Gasteiger partial charge in [0.1, 0.15) is 5.69 Å². The molecule has 0 amide bonds. The summed E-state index contributed by atoms with van der Waals surface area (Å²) in [5.41, 5.74) is 9.55. The van der Waals surface area contributed by atoms with E-state index in [0.29, 0.717) is 34.2 Å². The van der Waals surface area contributed by atoms with Crippen LogP contribution in [0.4, 0.5) is 23.1 Å². The summed E-state index contributed by atoms with van der Waals surface area (Å²) in [5.74, 6) is 1.56. The van der Waals surface area contributed by atoms with Crippen molar-refractivity contribution in [1.29, 1.82) is 0 Å². The highest BCUT2D eigenvalue weighted by atomic mass is 35.5. The third kappa shape index (κ3) is 3.98. The Morgan fingerprint density at radius 1 is 1.19 bits per heavy atom. The fourth-order valence-electron chi connectivity index (χ4n) is 3.37. The SMILES string of the molecule is Cc1cc(Nc2cnc(-c3ccc(Cl)c(NC4CCCC4)c3)c(N)n2)n[nH]1. The van der Waals surface area contributed by atoms with Gasteiger partial charge in [0.2, 0.25) is 0 Å². The molecule has 8 heteroatoms. The number of nitrogens with zero attached hydrogens (tertiary/aromatic N) is 3. The van der Waals surface area contributed by atoms with Crippen LogP contribution in [0.3, 0.4) is 0 Å². The van der Waals surface area contributed by atoms with Gasteiger partial charge in [-0.2, -0.15) is 5.10 Å². The minimum atomic E-state index is 0.349. The second kappa shape index (κ2) is 7.44. The highest BCUT2D eigenvalue weighted by Crippen LogP contribution is 2.32. The van der Waals surface area contributed by atoms with E-state index in [4.69, 9.17) is 17.3 Å². The largest absolute Gasteiger partial charge is 0.382 e. The molecule has 1 aliphatic carbocycles. The molecule has 0 spiro atoms. The average Bonchev–Trinajstić information content (AvgIpc) is 3.29. The van der Waals surface area contributed by atoms with Crippen LogP contribution in [-0.2, 0) is 0 Å². The maximum Gasteiger partial charge on any atom is 0.153 e. The molecule has 2 aromatic heterocycles. The predicted molar refractivity (Wildman–Crippen MR) is 109 cm³/mol. The highest BCUT2D eigenvalue weighted by molar-refractivity contribution is 6.33. The molecule has 1 saturated carbocycles. The van der Waals surface area contributed by atoms with Crippen molar-refractivity contribution in [3.05, 3.63) is 41.2 Å². The van der Waals surface area contributed by atoms with Crippen LogP contribution in [0, 0.1) is 6.92 Å². The number of hydrogen-bond acceptors (Lipinski definition) is 6. The van der Waals surface area contributed by atoms with Gasteiger partial charge in [0.25, 0.3) is 0 Å². The first kappa shape index (κ1) is 17.6. The molecule has 0 unspecified atom stereocenters. The molecule has 0 bridgehead atoms. The summed E-state index contributed by atoms with van der Waals surface area (Å²) < 4.78 is 0. The number of benzene rings is 1. The van der Waals surface area contributed by atoms with Gasteiger partial charge in [0, 0.05) is 23.4 Å². The van der Waals surface area contributed by atoms with Gasteiger partial charge in [-0.1, -0.05) is 30.5 Å². The van der Waals surface area contributed by atoms with E-state index in [1.54, 1.807) is 6.20 Å². The second-order valence-corrected chi connectivity index (χ2v) is 7.28. The van der Waals surface area contributed by atoms with Gasteiger partial charge < -0.3 is 16.4 Å².